The highest BCUT2D eigenvalue weighted by Crippen LogP contribution is 2.16. The minimum absolute atomic E-state index is 0.00296. The van der Waals surface area contributed by atoms with E-state index in [2.05, 4.69) is 0 Å². The molecule has 92 valence electrons. The lowest BCUT2D eigenvalue weighted by Crippen LogP contribution is -2.11. The third kappa shape index (κ3) is 3.31. The van der Waals surface area contributed by atoms with E-state index in [4.69, 9.17) is 16.3 Å². The van der Waals surface area contributed by atoms with Crippen molar-refractivity contribution in [2.24, 2.45) is 0 Å². The maximum absolute atomic E-state index is 13.2. The summed E-state index contributed by atoms with van der Waals surface area (Å²) in [6, 6.07) is 13.0. The second-order valence-corrected chi connectivity index (χ2v) is 4.12. The molecule has 0 aliphatic heterocycles. The lowest BCUT2D eigenvalue weighted by Gasteiger charge is -2.04. The Hall–Kier alpha value is -1.87. The van der Waals surface area contributed by atoms with E-state index in [9.17, 15) is 9.18 Å². The molecule has 4 heteroatoms. The summed E-state index contributed by atoms with van der Waals surface area (Å²) in [6.45, 7) is 0. The molecule has 0 heterocycles. The molecule has 0 saturated heterocycles. The van der Waals surface area contributed by atoms with Gasteiger partial charge in [-0.1, -0.05) is 35.9 Å². The molecular formula is C14H10ClFO2. The highest BCUT2D eigenvalue weighted by Gasteiger charge is 2.08. The van der Waals surface area contributed by atoms with Crippen molar-refractivity contribution in [1.29, 1.82) is 0 Å². The third-order valence-electron chi connectivity index (χ3n) is 2.31. The Balaban J connectivity index is 2.01. The monoisotopic (exact) mass is 264 g/mol. The molecule has 18 heavy (non-hydrogen) atoms. The van der Waals surface area contributed by atoms with Crippen LogP contribution in [0.3, 0.4) is 0 Å². The van der Waals surface area contributed by atoms with Gasteiger partial charge in [-0.25, -0.2) is 4.39 Å². The van der Waals surface area contributed by atoms with E-state index in [-0.39, 0.29) is 11.4 Å². The van der Waals surface area contributed by atoms with Gasteiger partial charge in [0.05, 0.1) is 11.4 Å². The van der Waals surface area contributed by atoms with E-state index < -0.39 is 11.8 Å². The Labute approximate surface area is 109 Å². The number of esters is 1. The van der Waals surface area contributed by atoms with Gasteiger partial charge in [0.25, 0.3) is 0 Å². The summed E-state index contributed by atoms with van der Waals surface area (Å²) in [5.41, 5.74) is 0.526. The first-order valence-electron chi connectivity index (χ1n) is 5.35. The molecule has 0 fully saturated rings. The molecule has 0 aliphatic rings. The normalized spacial score (nSPS) is 10.1. The summed E-state index contributed by atoms with van der Waals surface area (Å²) in [5.74, 6) is -0.512. The average Bonchev–Trinajstić information content (AvgIpc) is 2.35. The third-order valence-corrected chi connectivity index (χ3v) is 2.61. The molecular weight excluding hydrogens is 255 g/mol. The number of hydrogen-bond donors (Lipinski definition) is 0. The molecule has 2 nitrogen and oxygen atoms in total. The van der Waals surface area contributed by atoms with Crippen molar-refractivity contribution in [1.82, 2.24) is 0 Å². The largest absolute Gasteiger partial charge is 0.426 e. The van der Waals surface area contributed by atoms with Gasteiger partial charge in [0.1, 0.15) is 11.6 Å². The van der Waals surface area contributed by atoms with Crippen molar-refractivity contribution in [2.45, 2.75) is 6.42 Å². The van der Waals surface area contributed by atoms with Gasteiger partial charge in [-0.15, -0.1) is 0 Å². The summed E-state index contributed by atoms with van der Waals surface area (Å²) >= 11 is 5.56. The van der Waals surface area contributed by atoms with Crippen LogP contribution >= 0.6 is 11.6 Å². The number of carbonyl (C=O) groups excluding carboxylic acids is 1. The summed E-state index contributed by atoms with van der Waals surface area (Å²) < 4.78 is 18.3. The van der Waals surface area contributed by atoms with E-state index in [0.717, 1.165) is 0 Å². The quantitative estimate of drug-likeness (QED) is 0.625. The van der Waals surface area contributed by atoms with E-state index in [0.29, 0.717) is 11.3 Å². The van der Waals surface area contributed by atoms with Crippen LogP contribution in [0.15, 0.2) is 48.5 Å². The second kappa shape index (κ2) is 5.65. The summed E-state index contributed by atoms with van der Waals surface area (Å²) in [6.07, 6.45) is 0.00296. The molecule has 0 N–H and O–H groups in total. The van der Waals surface area contributed by atoms with E-state index in [1.165, 1.54) is 12.1 Å². The maximum Gasteiger partial charge on any atom is 0.315 e. The molecule has 0 radical (unpaired) electrons. The van der Waals surface area contributed by atoms with Crippen molar-refractivity contribution in [3.05, 3.63) is 64.9 Å². The molecule has 0 spiro atoms. The van der Waals surface area contributed by atoms with E-state index in [1.54, 1.807) is 30.3 Å². The molecule has 0 saturated carbocycles. The molecule has 0 unspecified atom stereocenters. The summed E-state index contributed by atoms with van der Waals surface area (Å²) in [5, 5.41) is 0.0372. The Morgan fingerprint density at radius 2 is 1.89 bits per heavy atom. The van der Waals surface area contributed by atoms with Gasteiger partial charge in [0, 0.05) is 0 Å². The highest BCUT2D eigenvalue weighted by atomic mass is 35.5. The summed E-state index contributed by atoms with van der Waals surface area (Å²) in [7, 11) is 0. The van der Waals surface area contributed by atoms with Crippen LogP contribution in [0, 0.1) is 5.82 Å². The van der Waals surface area contributed by atoms with Gasteiger partial charge < -0.3 is 4.74 Å². The number of rotatable bonds is 3. The molecule has 2 aromatic carbocycles. The molecule has 0 amide bonds. The van der Waals surface area contributed by atoms with Crippen molar-refractivity contribution in [3.8, 4) is 5.75 Å². The fraction of sp³-hybridized carbons (Fsp3) is 0.0714. The van der Waals surface area contributed by atoms with Crippen molar-refractivity contribution in [2.75, 3.05) is 0 Å². The van der Waals surface area contributed by atoms with Crippen LogP contribution in [0.1, 0.15) is 5.56 Å². The second-order valence-electron chi connectivity index (χ2n) is 3.71. The predicted octanol–water partition coefficient (Wildman–Crippen LogP) is 3.63. The standard InChI is InChI=1S/C14H10ClFO2/c15-12-7-6-10(8-13(12)16)9-14(17)18-11-4-2-1-3-5-11/h1-8H,9H2. The lowest BCUT2D eigenvalue weighted by atomic mass is 10.1. The number of ether oxygens (including phenoxy) is 1. The first-order valence-corrected chi connectivity index (χ1v) is 5.72. The van der Waals surface area contributed by atoms with Gasteiger partial charge in [-0.2, -0.15) is 0 Å². The maximum atomic E-state index is 13.2. The number of carbonyl (C=O) groups is 1. The van der Waals surface area contributed by atoms with Crippen LogP contribution < -0.4 is 4.74 Å². The Bertz CT molecular complexity index is 555. The number of para-hydroxylation sites is 1. The van der Waals surface area contributed by atoms with Crippen molar-refractivity contribution >= 4 is 17.6 Å². The van der Waals surface area contributed by atoms with Crippen LogP contribution in [-0.2, 0) is 11.2 Å². The van der Waals surface area contributed by atoms with E-state index >= 15 is 0 Å². The number of hydrogen-bond acceptors (Lipinski definition) is 2. The molecule has 0 bridgehead atoms. The zero-order valence-electron chi connectivity index (χ0n) is 9.40. The molecule has 2 aromatic rings. The number of halogens is 2. The molecule has 2 rings (SSSR count). The van der Waals surface area contributed by atoms with Gasteiger partial charge in [0.15, 0.2) is 0 Å². The van der Waals surface area contributed by atoms with Gasteiger partial charge >= 0.3 is 5.97 Å². The first-order chi connectivity index (χ1) is 8.65. The average molecular weight is 265 g/mol. The highest BCUT2D eigenvalue weighted by molar-refractivity contribution is 6.30. The summed E-state index contributed by atoms with van der Waals surface area (Å²) in [4.78, 5) is 11.6. The Morgan fingerprint density at radius 1 is 1.17 bits per heavy atom. The van der Waals surface area contributed by atoms with Crippen LogP contribution in [0.2, 0.25) is 5.02 Å². The van der Waals surface area contributed by atoms with Crippen LogP contribution in [0.25, 0.3) is 0 Å². The van der Waals surface area contributed by atoms with Gasteiger partial charge in [0.2, 0.25) is 0 Å². The van der Waals surface area contributed by atoms with Crippen molar-refractivity contribution in [3.63, 3.8) is 0 Å². The van der Waals surface area contributed by atoms with E-state index in [1.807, 2.05) is 6.07 Å². The molecule has 0 atom stereocenters. The molecule has 0 aromatic heterocycles. The van der Waals surface area contributed by atoms with Gasteiger partial charge in [-0.05, 0) is 29.8 Å². The van der Waals surface area contributed by atoms with Crippen LogP contribution in [0.4, 0.5) is 4.39 Å². The zero-order valence-corrected chi connectivity index (χ0v) is 10.2. The zero-order chi connectivity index (χ0) is 13.0. The first kappa shape index (κ1) is 12.6. The van der Waals surface area contributed by atoms with Crippen LogP contribution in [-0.4, -0.2) is 5.97 Å². The van der Waals surface area contributed by atoms with Crippen LogP contribution in [0.5, 0.6) is 5.75 Å². The predicted molar refractivity (Wildman–Crippen MR) is 67.2 cm³/mol. The fourth-order valence-corrected chi connectivity index (χ4v) is 1.59. The van der Waals surface area contributed by atoms with Crippen molar-refractivity contribution < 1.29 is 13.9 Å². The SMILES string of the molecule is O=C(Cc1ccc(Cl)c(F)c1)Oc1ccccc1. The topological polar surface area (TPSA) is 26.3 Å². The lowest BCUT2D eigenvalue weighted by molar-refractivity contribution is -0.133. The smallest absolute Gasteiger partial charge is 0.315 e. The minimum atomic E-state index is -0.540. The Morgan fingerprint density at radius 3 is 2.56 bits per heavy atom. The molecule has 0 aliphatic carbocycles. The Kier molecular flexibility index (Phi) is 3.95. The van der Waals surface area contributed by atoms with Gasteiger partial charge in [-0.3, -0.25) is 4.79 Å². The minimum Gasteiger partial charge on any atom is -0.426 e. The number of benzene rings is 2. The fourth-order valence-electron chi connectivity index (χ4n) is 1.47.